The van der Waals surface area contributed by atoms with Crippen molar-refractivity contribution in [1.29, 1.82) is 0 Å². The van der Waals surface area contributed by atoms with Crippen molar-refractivity contribution in [3.05, 3.63) is 0 Å². The Morgan fingerprint density at radius 1 is 1.16 bits per heavy atom. The molecule has 0 rings (SSSR count). The number of nitrogens with two attached hydrogens (primary N) is 1. The normalized spacial score (nSPS) is 11.3. The van der Waals surface area contributed by atoms with Crippen molar-refractivity contribution in [2.45, 2.75) is 66.2 Å². The molecule has 1 amide bonds. The van der Waals surface area contributed by atoms with E-state index in [0.29, 0.717) is 12.3 Å². The minimum atomic E-state index is 0. The van der Waals surface area contributed by atoms with Crippen LogP contribution in [0.25, 0.3) is 0 Å². The van der Waals surface area contributed by atoms with Crippen molar-refractivity contribution >= 4 is 18.3 Å². The Hall–Kier alpha value is -0.280. The first-order valence-electron chi connectivity index (χ1n) is 7.34. The van der Waals surface area contributed by atoms with E-state index in [2.05, 4.69) is 33.0 Å². The van der Waals surface area contributed by atoms with Crippen molar-refractivity contribution in [3.8, 4) is 0 Å². The highest BCUT2D eigenvalue weighted by atomic mass is 35.5. The van der Waals surface area contributed by atoms with E-state index in [-0.39, 0.29) is 23.7 Å². The van der Waals surface area contributed by atoms with Crippen molar-refractivity contribution in [3.63, 3.8) is 0 Å². The Morgan fingerprint density at radius 3 is 2.26 bits per heavy atom. The maximum absolute atomic E-state index is 11.7. The molecule has 0 saturated carbocycles. The number of hydrogen-bond donors (Lipinski definition) is 2. The molecule has 0 aromatic heterocycles. The lowest BCUT2D eigenvalue weighted by atomic mass is 9.84. The van der Waals surface area contributed by atoms with Crippen molar-refractivity contribution in [1.82, 2.24) is 5.32 Å². The van der Waals surface area contributed by atoms with Crippen LogP contribution in [0.2, 0.25) is 0 Å². The van der Waals surface area contributed by atoms with Gasteiger partial charge in [0.25, 0.3) is 0 Å². The molecule has 0 bridgehead atoms. The molecule has 0 heterocycles. The number of unbranched alkanes of at least 4 members (excludes halogenated alkanes) is 3. The molecule has 3 N–H and O–H groups in total. The third-order valence-electron chi connectivity index (χ3n) is 3.08. The van der Waals surface area contributed by atoms with E-state index >= 15 is 0 Å². The highest BCUT2D eigenvalue weighted by molar-refractivity contribution is 5.85. The van der Waals surface area contributed by atoms with E-state index in [1.54, 1.807) is 0 Å². The van der Waals surface area contributed by atoms with Crippen LogP contribution in [0.5, 0.6) is 0 Å². The summed E-state index contributed by atoms with van der Waals surface area (Å²) in [5, 5.41) is 3.06. The van der Waals surface area contributed by atoms with Crippen LogP contribution in [-0.4, -0.2) is 19.0 Å². The zero-order valence-electron chi connectivity index (χ0n) is 13.1. The second-order valence-electron chi connectivity index (χ2n) is 6.49. The predicted molar refractivity (Wildman–Crippen MR) is 85.6 cm³/mol. The molecule has 0 saturated heterocycles. The summed E-state index contributed by atoms with van der Waals surface area (Å²) in [4.78, 5) is 11.7. The molecular formula is C15H33ClN2O. The van der Waals surface area contributed by atoms with E-state index < -0.39 is 0 Å². The van der Waals surface area contributed by atoms with Gasteiger partial charge in [-0.1, -0.05) is 40.5 Å². The summed E-state index contributed by atoms with van der Waals surface area (Å²) in [7, 11) is 0. The Labute approximate surface area is 125 Å². The lowest BCUT2D eigenvalue weighted by Gasteiger charge is -2.27. The van der Waals surface area contributed by atoms with Crippen molar-refractivity contribution < 1.29 is 4.79 Å². The summed E-state index contributed by atoms with van der Waals surface area (Å²) in [6.45, 7) is 10.4. The summed E-state index contributed by atoms with van der Waals surface area (Å²) in [5.74, 6) is 0.868. The maximum atomic E-state index is 11.7. The van der Waals surface area contributed by atoms with Crippen LogP contribution < -0.4 is 11.1 Å². The van der Waals surface area contributed by atoms with Crippen LogP contribution >= 0.6 is 12.4 Å². The highest BCUT2D eigenvalue weighted by Crippen LogP contribution is 2.24. The summed E-state index contributed by atoms with van der Waals surface area (Å²) >= 11 is 0. The molecule has 4 heteroatoms. The number of carbonyl (C=O) groups is 1. The summed E-state index contributed by atoms with van der Waals surface area (Å²) in [6.07, 6.45) is 6.11. The van der Waals surface area contributed by atoms with Crippen molar-refractivity contribution in [2.24, 2.45) is 17.1 Å². The monoisotopic (exact) mass is 292 g/mol. The van der Waals surface area contributed by atoms with Crippen LogP contribution in [0.4, 0.5) is 0 Å². The first-order chi connectivity index (χ1) is 8.37. The average molecular weight is 293 g/mol. The van der Waals surface area contributed by atoms with Gasteiger partial charge in [-0.3, -0.25) is 4.79 Å². The smallest absolute Gasteiger partial charge is 0.220 e. The van der Waals surface area contributed by atoms with Crippen LogP contribution in [0, 0.1) is 11.3 Å². The Kier molecular flexibility index (Phi) is 12.8. The van der Waals surface area contributed by atoms with E-state index in [0.717, 1.165) is 45.2 Å². The van der Waals surface area contributed by atoms with Gasteiger partial charge >= 0.3 is 0 Å². The van der Waals surface area contributed by atoms with E-state index in [1.165, 1.54) is 0 Å². The third kappa shape index (κ3) is 13.9. The number of nitrogens with one attached hydrogen (secondary N) is 1. The number of rotatable bonds is 10. The molecule has 0 aliphatic rings. The van der Waals surface area contributed by atoms with Gasteiger partial charge in [-0.25, -0.2) is 0 Å². The first-order valence-corrected chi connectivity index (χ1v) is 7.34. The standard InChI is InChI=1S/C15H32N2O.ClH/c1-13(2)11-15(3,4)12-17-14(18)9-7-5-6-8-10-16;/h13H,5-12,16H2,1-4H3,(H,17,18);1H. The number of carbonyl (C=O) groups excluding carboxylic acids is 1. The summed E-state index contributed by atoms with van der Waals surface area (Å²) in [5.41, 5.74) is 5.62. The van der Waals surface area contributed by atoms with Gasteiger partial charge in [0.05, 0.1) is 0 Å². The minimum Gasteiger partial charge on any atom is -0.356 e. The molecule has 3 nitrogen and oxygen atoms in total. The SMILES string of the molecule is CC(C)CC(C)(C)CNC(=O)CCCCCCN.Cl. The fourth-order valence-corrected chi connectivity index (χ4v) is 2.39. The molecule has 19 heavy (non-hydrogen) atoms. The molecule has 0 fully saturated rings. The molecular weight excluding hydrogens is 260 g/mol. The van der Waals surface area contributed by atoms with E-state index in [1.807, 2.05) is 0 Å². The van der Waals surface area contributed by atoms with Gasteiger partial charge in [0.2, 0.25) is 5.91 Å². The highest BCUT2D eigenvalue weighted by Gasteiger charge is 2.19. The molecule has 116 valence electrons. The van der Waals surface area contributed by atoms with Gasteiger partial charge < -0.3 is 11.1 Å². The number of halogens is 1. The molecule has 0 spiro atoms. The Balaban J connectivity index is 0. The molecule has 0 aromatic rings. The van der Waals surface area contributed by atoms with Crippen LogP contribution in [0.3, 0.4) is 0 Å². The van der Waals surface area contributed by atoms with Crippen LogP contribution in [0.1, 0.15) is 66.2 Å². The van der Waals surface area contributed by atoms with Crippen molar-refractivity contribution in [2.75, 3.05) is 13.1 Å². The fraction of sp³-hybridized carbons (Fsp3) is 0.933. The molecule has 0 unspecified atom stereocenters. The number of hydrogen-bond acceptors (Lipinski definition) is 2. The Bertz CT molecular complexity index is 230. The second kappa shape index (κ2) is 11.5. The lowest BCUT2D eigenvalue weighted by Crippen LogP contribution is -2.34. The fourth-order valence-electron chi connectivity index (χ4n) is 2.39. The predicted octanol–water partition coefficient (Wildman–Crippen LogP) is 3.51. The minimum absolute atomic E-state index is 0. The number of amides is 1. The summed E-state index contributed by atoms with van der Waals surface area (Å²) in [6, 6.07) is 0. The van der Waals surface area contributed by atoms with Gasteiger partial charge in [0.1, 0.15) is 0 Å². The van der Waals surface area contributed by atoms with Gasteiger partial charge in [-0.05, 0) is 37.1 Å². The third-order valence-corrected chi connectivity index (χ3v) is 3.08. The molecule has 0 aromatic carbocycles. The Morgan fingerprint density at radius 2 is 1.74 bits per heavy atom. The first kappa shape index (κ1) is 21.0. The molecule has 0 aliphatic heterocycles. The molecule has 0 atom stereocenters. The molecule has 0 aliphatic carbocycles. The van der Waals surface area contributed by atoms with Gasteiger partial charge in [0, 0.05) is 13.0 Å². The summed E-state index contributed by atoms with van der Waals surface area (Å²) < 4.78 is 0. The van der Waals surface area contributed by atoms with Gasteiger partial charge in [-0.2, -0.15) is 0 Å². The van der Waals surface area contributed by atoms with E-state index in [4.69, 9.17) is 5.73 Å². The lowest BCUT2D eigenvalue weighted by molar-refractivity contribution is -0.121. The van der Waals surface area contributed by atoms with Gasteiger partial charge in [-0.15, -0.1) is 12.4 Å². The van der Waals surface area contributed by atoms with Crippen LogP contribution in [0.15, 0.2) is 0 Å². The average Bonchev–Trinajstić information content (AvgIpc) is 2.24. The maximum Gasteiger partial charge on any atom is 0.220 e. The second-order valence-corrected chi connectivity index (χ2v) is 6.49. The van der Waals surface area contributed by atoms with Crippen LogP contribution in [-0.2, 0) is 4.79 Å². The quantitative estimate of drug-likeness (QED) is 0.606. The largest absolute Gasteiger partial charge is 0.356 e. The zero-order chi connectivity index (χ0) is 14.0. The topological polar surface area (TPSA) is 55.1 Å². The molecule has 0 radical (unpaired) electrons. The van der Waals surface area contributed by atoms with E-state index in [9.17, 15) is 4.79 Å². The van der Waals surface area contributed by atoms with Gasteiger partial charge in [0.15, 0.2) is 0 Å². The zero-order valence-corrected chi connectivity index (χ0v) is 13.9.